The van der Waals surface area contributed by atoms with E-state index in [-0.39, 0.29) is 10.9 Å². The fraction of sp³-hybridized carbons (Fsp3) is 0.375. The molecule has 2 aromatic rings. The summed E-state index contributed by atoms with van der Waals surface area (Å²) in [6, 6.07) is 8.44. The van der Waals surface area contributed by atoms with E-state index in [0.717, 1.165) is 18.5 Å². The molecule has 1 aliphatic rings. The number of methoxy groups -OCH3 is 2. The van der Waals surface area contributed by atoms with E-state index < -0.39 is 10.0 Å². The fourth-order valence-corrected chi connectivity index (χ4v) is 4.85. The van der Waals surface area contributed by atoms with Gasteiger partial charge in [0.15, 0.2) is 0 Å². The summed E-state index contributed by atoms with van der Waals surface area (Å²) in [5.41, 5.74) is 0.910. The lowest BCUT2D eigenvalue weighted by Gasteiger charge is -2.24. The molecule has 1 N–H and O–H groups in total. The zero-order valence-electron chi connectivity index (χ0n) is 13.2. The van der Waals surface area contributed by atoms with Crippen molar-refractivity contribution in [2.24, 2.45) is 0 Å². The zero-order chi connectivity index (χ0) is 16.4. The van der Waals surface area contributed by atoms with Crippen LogP contribution in [-0.2, 0) is 10.0 Å². The highest BCUT2D eigenvalue weighted by Gasteiger charge is 2.38. The summed E-state index contributed by atoms with van der Waals surface area (Å²) in [6.45, 7) is 0.492. The highest BCUT2D eigenvalue weighted by atomic mass is 32.2. The molecule has 3 rings (SSSR count). The minimum absolute atomic E-state index is 0.137. The van der Waals surface area contributed by atoms with E-state index in [2.05, 4.69) is 4.98 Å². The van der Waals surface area contributed by atoms with Crippen LogP contribution in [-0.4, -0.2) is 38.5 Å². The third-order valence-corrected chi connectivity index (χ3v) is 6.07. The summed E-state index contributed by atoms with van der Waals surface area (Å²) in [5.74, 6) is 0.808. The van der Waals surface area contributed by atoms with Crippen LogP contribution in [0.1, 0.15) is 24.6 Å². The monoisotopic (exact) mass is 336 g/mol. The van der Waals surface area contributed by atoms with Gasteiger partial charge >= 0.3 is 0 Å². The third kappa shape index (κ3) is 2.82. The van der Waals surface area contributed by atoms with Gasteiger partial charge in [-0.2, -0.15) is 4.31 Å². The lowest BCUT2D eigenvalue weighted by atomic mass is 10.2. The van der Waals surface area contributed by atoms with Gasteiger partial charge in [-0.05, 0) is 37.1 Å². The van der Waals surface area contributed by atoms with Crippen molar-refractivity contribution in [2.45, 2.75) is 23.8 Å². The molecule has 0 aliphatic carbocycles. The average Bonchev–Trinajstić information content (AvgIpc) is 3.24. The number of nitrogens with zero attached hydrogens (tertiary/aromatic N) is 1. The topological polar surface area (TPSA) is 71.6 Å². The van der Waals surface area contributed by atoms with Crippen molar-refractivity contribution in [3.05, 3.63) is 42.2 Å². The van der Waals surface area contributed by atoms with Crippen LogP contribution in [0.3, 0.4) is 0 Å². The van der Waals surface area contributed by atoms with E-state index >= 15 is 0 Å². The number of benzene rings is 1. The standard InChI is InChI=1S/C16H20N2O4S/c1-21-12-7-8-15(22-2)16(11-12)23(19,20)18-10-4-6-14(18)13-5-3-9-17-13/h3,5,7-9,11,14,17H,4,6,10H2,1-2H3/t14-/m0/s1. The van der Waals surface area contributed by atoms with Crippen molar-refractivity contribution in [2.75, 3.05) is 20.8 Å². The van der Waals surface area contributed by atoms with Gasteiger partial charge in [0.05, 0.1) is 20.3 Å². The quantitative estimate of drug-likeness (QED) is 0.911. The highest BCUT2D eigenvalue weighted by Crippen LogP contribution is 2.39. The van der Waals surface area contributed by atoms with E-state index in [1.807, 2.05) is 18.3 Å². The largest absolute Gasteiger partial charge is 0.497 e. The molecule has 1 aromatic heterocycles. The molecule has 0 bridgehead atoms. The number of aromatic nitrogens is 1. The highest BCUT2D eigenvalue weighted by molar-refractivity contribution is 7.89. The number of sulfonamides is 1. The molecular formula is C16H20N2O4S. The molecule has 1 saturated heterocycles. The van der Waals surface area contributed by atoms with Crippen LogP contribution in [0.15, 0.2) is 41.4 Å². The maximum Gasteiger partial charge on any atom is 0.247 e. The number of rotatable bonds is 5. The lowest BCUT2D eigenvalue weighted by Crippen LogP contribution is -2.31. The van der Waals surface area contributed by atoms with Crippen LogP contribution >= 0.6 is 0 Å². The van der Waals surface area contributed by atoms with Gasteiger partial charge in [-0.25, -0.2) is 8.42 Å². The molecule has 1 atom stereocenters. The van der Waals surface area contributed by atoms with Crippen LogP contribution < -0.4 is 9.47 Å². The summed E-state index contributed by atoms with van der Waals surface area (Å²) in [6.07, 6.45) is 3.44. The Hall–Kier alpha value is -1.99. The minimum atomic E-state index is -3.68. The summed E-state index contributed by atoms with van der Waals surface area (Å²) < 4.78 is 38.3. The van der Waals surface area contributed by atoms with Crippen molar-refractivity contribution in [3.8, 4) is 11.5 Å². The molecule has 1 fully saturated rings. The van der Waals surface area contributed by atoms with Gasteiger partial charge in [0.1, 0.15) is 16.4 Å². The maximum absolute atomic E-state index is 13.2. The molecule has 0 saturated carbocycles. The van der Waals surface area contributed by atoms with Crippen molar-refractivity contribution < 1.29 is 17.9 Å². The van der Waals surface area contributed by atoms with Crippen LogP contribution in [0.2, 0.25) is 0 Å². The Morgan fingerprint density at radius 2 is 2.04 bits per heavy atom. The summed E-state index contributed by atoms with van der Waals surface area (Å²) in [4.78, 5) is 3.26. The lowest BCUT2D eigenvalue weighted by molar-refractivity contribution is 0.373. The molecule has 23 heavy (non-hydrogen) atoms. The fourth-order valence-electron chi connectivity index (χ4n) is 3.00. The predicted octanol–water partition coefficient (Wildman–Crippen LogP) is 2.56. The van der Waals surface area contributed by atoms with E-state index in [0.29, 0.717) is 18.0 Å². The Morgan fingerprint density at radius 1 is 1.22 bits per heavy atom. The van der Waals surface area contributed by atoms with E-state index in [1.165, 1.54) is 24.6 Å². The molecule has 124 valence electrons. The SMILES string of the molecule is COc1ccc(OC)c(S(=O)(=O)N2CCC[C@H]2c2ccc[nH]2)c1. The molecule has 0 spiro atoms. The molecule has 6 nitrogen and oxygen atoms in total. The molecule has 0 amide bonds. The van der Waals surface area contributed by atoms with Gasteiger partial charge in [-0.15, -0.1) is 0 Å². The third-order valence-electron chi connectivity index (χ3n) is 4.14. The molecular weight excluding hydrogens is 316 g/mol. The Labute approximate surface area is 136 Å². The van der Waals surface area contributed by atoms with Gasteiger partial charge in [-0.3, -0.25) is 0 Å². The second kappa shape index (κ2) is 6.25. The summed E-state index contributed by atoms with van der Waals surface area (Å²) in [7, 11) is -0.706. The molecule has 2 heterocycles. The first-order chi connectivity index (χ1) is 11.1. The van der Waals surface area contributed by atoms with Gasteiger partial charge in [0.25, 0.3) is 0 Å². The van der Waals surface area contributed by atoms with Crippen LogP contribution in [0.25, 0.3) is 0 Å². The van der Waals surface area contributed by atoms with Crippen LogP contribution in [0.5, 0.6) is 11.5 Å². The first kappa shape index (κ1) is 15.9. The first-order valence-electron chi connectivity index (χ1n) is 7.45. The molecule has 1 aliphatic heterocycles. The van der Waals surface area contributed by atoms with Gasteiger partial charge in [-0.1, -0.05) is 0 Å². The number of nitrogens with one attached hydrogen (secondary N) is 1. The smallest absolute Gasteiger partial charge is 0.247 e. The number of hydrogen-bond donors (Lipinski definition) is 1. The number of H-pyrrole nitrogens is 1. The van der Waals surface area contributed by atoms with E-state index in [1.54, 1.807) is 12.1 Å². The molecule has 0 radical (unpaired) electrons. The molecule has 0 unspecified atom stereocenters. The van der Waals surface area contributed by atoms with Crippen molar-refractivity contribution in [1.29, 1.82) is 0 Å². The maximum atomic E-state index is 13.2. The average molecular weight is 336 g/mol. The number of aromatic amines is 1. The van der Waals surface area contributed by atoms with Gasteiger partial charge in [0, 0.05) is 24.5 Å². The van der Waals surface area contributed by atoms with E-state index in [9.17, 15) is 8.42 Å². The van der Waals surface area contributed by atoms with Gasteiger partial charge in [0.2, 0.25) is 10.0 Å². The Morgan fingerprint density at radius 3 is 2.70 bits per heavy atom. The second-order valence-corrected chi connectivity index (χ2v) is 7.28. The number of hydrogen-bond acceptors (Lipinski definition) is 4. The summed E-state index contributed by atoms with van der Waals surface area (Å²) >= 11 is 0. The molecule has 7 heteroatoms. The Kier molecular flexibility index (Phi) is 4.32. The predicted molar refractivity (Wildman–Crippen MR) is 86.2 cm³/mol. The minimum Gasteiger partial charge on any atom is -0.497 e. The first-order valence-corrected chi connectivity index (χ1v) is 8.89. The van der Waals surface area contributed by atoms with Crippen LogP contribution in [0, 0.1) is 0 Å². The Balaban J connectivity index is 2.04. The summed E-state index contributed by atoms with van der Waals surface area (Å²) in [5, 5.41) is 0. The van der Waals surface area contributed by atoms with E-state index in [4.69, 9.17) is 9.47 Å². The van der Waals surface area contributed by atoms with Crippen LogP contribution in [0.4, 0.5) is 0 Å². The van der Waals surface area contributed by atoms with Crippen molar-refractivity contribution in [3.63, 3.8) is 0 Å². The zero-order valence-corrected chi connectivity index (χ0v) is 14.0. The van der Waals surface area contributed by atoms with Crippen molar-refractivity contribution in [1.82, 2.24) is 9.29 Å². The van der Waals surface area contributed by atoms with Crippen molar-refractivity contribution >= 4 is 10.0 Å². The molecule has 1 aromatic carbocycles. The Bertz CT molecular complexity index is 771. The number of ether oxygens (including phenoxy) is 2. The van der Waals surface area contributed by atoms with Gasteiger partial charge < -0.3 is 14.5 Å². The second-order valence-electron chi connectivity index (χ2n) is 5.42. The normalized spacial score (nSPS) is 19.0.